The average Bonchev–Trinajstić information content (AvgIpc) is 3.40. The number of nitrogens with one attached hydrogen (secondary N) is 1. The third-order valence-electron chi connectivity index (χ3n) is 8.24. The lowest BCUT2D eigenvalue weighted by Gasteiger charge is -2.29. The van der Waals surface area contributed by atoms with Crippen molar-refractivity contribution in [2.24, 2.45) is 5.84 Å². The number of rotatable bonds is 9. The lowest BCUT2D eigenvalue weighted by atomic mass is 10.0. The number of hydrogen-bond donors (Lipinski definition) is 3. The maximum atomic E-state index is 6.76. The third kappa shape index (κ3) is 5.66. The zero-order chi connectivity index (χ0) is 29.9. The molecule has 0 spiro atoms. The fraction of sp³-hybridized carbons (Fsp3) is 0.0769. The van der Waals surface area contributed by atoms with Crippen LogP contribution < -0.4 is 11.2 Å². The second kappa shape index (κ2) is 12.5. The summed E-state index contributed by atoms with van der Waals surface area (Å²) in [5.74, 6) is 6.76. The Morgan fingerprint density at radius 3 is 2.02 bits per heavy atom. The number of aromatic nitrogens is 1. The maximum Gasteiger partial charge on any atom is 0.0996 e. The van der Waals surface area contributed by atoms with Crippen molar-refractivity contribution in [1.82, 2.24) is 14.9 Å². The Balaban J connectivity index is 1.25. The topological polar surface area (TPSA) is 46.2 Å². The van der Waals surface area contributed by atoms with Crippen LogP contribution in [0.15, 0.2) is 157 Å². The van der Waals surface area contributed by atoms with Gasteiger partial charge in [-0.25, -0.2) is 5.01 Å². The lowest BCUT2D eigenvalue weighted by molar-refractivity contribution is 0.158. The first kappa shape index (κ1) is 28.1. The van der Waals surface area contributed by atoms with Crippen LogP contribution in [0.25, 0.3) is 38.6 Å². The van der Waals surface area contributed by atoms with E-state index in [-0.39, 0.29) is 6.17 Å². The summed E-state index contributed by atoms with van der Waals surface area (Å²) in [5, 5.41) is 8.03. The Morgan fingerprint density at radius 2 is 1.27 bits per heavy atom. The van der Waals surface area contributed by atoms with Crippen LogP contribution >= 0.6 is 12.6 Å². The van der Waals surface area contributed by atoms with Crippen LogP contribution in [0, 0.1) is 0 Å². The molecule has 3 N–H and O–H groups in total. The van der Waals surface area contributed by atoms with Gasteiger partial charge in [-0.3, -0.25) is 11.2 Å². The highest BCUT2D eigenvalue weighted by Gasteiger charge is 2.19. The molecule has 7 rings (SSSR count). The minimum Gasteiger partial charge on any atom is -0.309 e. The molecular weight excluding hydrogens is 557 g/mol. The summed E-state index contributed by atoms with van der Waals surface area (Å²) < 4.78 is 2.35. The molecule has 4 nitrogen and oxygen atoms in total. The summed E-state index contributed by atoms with van der Waals surface area (Å²) in [6, 6.07) is 53.2. The van der Waals surface area contributed by atoms with Crippen LogP contribution in [0.4, 0.5) is 0 Å². The van der Waals surface area contributed by atoms with E-state index < -0.39 is 0 Å². The van der Waals surface area contributed by atoms with E-state index in [1.54, 1.807) is 0 Å². The summed E-state index contributed by atoms with van der Waals surface area (Å²) in [7, 11) is 0. The van der Waals surface area contributed by atoms with Gasteiger partial charge < -0.3 is 4.57 Å². The Hall–Kier alpha value is -4.65. The third-order valence-corrected chi connectivity index (χ3v) is 8.63. The predicted molar refractivity (Wildman–Crippen MR) is 186 cm³/mol. The first-order valence-corrected chi connectivity index (χ1v) is 15.3. The molecule has 1 heterocycles. The zero-order valence-electron chi connectivity index (χ0n) is 24.3. The lowest BCUT2D eigenvalue weighted by Crippen LogP contribution is -2.42. The van der Waals surface area contributed by atoms with E-state index in [4.69, 9.17) is 18.5 Å². The van der Waals surface area contributed by atoms with Crippen molar-refractivity contribution in [2.75, 3.05) is 0 Å². The smallest absolute Gasteiger partial charge is 0.0996 e. The van der Waals surface area contributed by atoms with Gasteiger partial charge in [-0.2, -0.15) is 0 Å². The van der Waals surface area contributed by atoms with Crippen LogP contribution in [0.2, 0.25) is 0 Å². The Bertz CT molecular complexity index is 2020. The number of fused-ring (bicyclic) bond motifs is 3. The minimum atomic E-state index is -0.175. The fourth-order valence-corrected chi connectivity index (χ4v) is 6.35. The number of thiol groups is 1. The highest BCUT2D eigenvalue weighted by Crippen LogP contribution is 2.36. The van der Waals surface area contributed by atoms with Crippen molar-refractivity contribution in [2.45, 2.75) is 24.2 Å². The molecule has 0 saturated heterocycles. The molecule has 1 atom stereocenters. The first-order valence-electron chi connectivity index (χ1n) is 14.9. The number of hydrogen-bond acceptors (Lipinski definition) is 4. The van der Waals surface area contributed by atoms with Crippen molar-refractivity contribution in [1.29, 1.82) is 0 Å². The second-order valence-corrected chi connectivity index (χ2v) is 11.6. The normalized spacial score (nSPS) is 12.2. The molecule has 5 heteroatoms. The van der Waals surface area contributed by atoms with Crippen LogP contribution in [0.5, 0.6) is 0 Å². The molecule has 0 amide bonds. The van der Waals surface area contributed by atoms with Gasteiger partial charge in [0.2, 0.25) is 0 Å². The number of hydrazine groups is 1. The van der Waals surface area contributed by atoms with E-state index in [2.05, 4.69) is 137 Å². The Kier molecular flexibility index (Phi) is 8.01. The van der Waals surface area contributed by atoms with Gasteiger partial charge in [0.15, 0.2) is 0 Å². The zero-order valence-corrected chi connectivity index (χ0v) is 25.2. The number of nitrogens with two attached hydrogens (primary N) is 1. The summed E-state index contributed by atoms with van der Waals surface area (Å²) in [6.45, 7) is 1.33. The molecule has 0 saturated carbocycles. The van der Waals surface area contributed by atoms with Crippen molar-refractivity contribution in [3.8, 4) is 16.8 Å². The fourth-order valence-electron chi connectivity index (χ4n) is 6.06. The molecular formula is C39H34N4S. The second-order valence-electron chi connectivity index (χ2n) is 11.1. The van der Waals surface area contributed by atoms with E-state index in [9.17, 15) is 0 Å². The molecule has 1 aromatic heterocycles. The van der Waals surface area contributed by atoms with Crippen molar-refractivity contribution >= 4 is 34.4 Å². The quantitative estimate of drug-likeness (QED) is 0.0681. The highest BCUT2D eigenvalue weighted by atomic mass is 32.1. The summed E-state index contributed by atoms with van der Waals surface area (Å²) >= 11 is 4.72. The van der Waals surface area contributed by atoms with Gasteiger partial charge in [-0.15, -0.1) is 12.6 Å². The van der Waals surface area contributed by atoms with E-state index in [1.807, 2.05) is 29.3 Å². The van der Waals surface area contributed by atoms with Gasteiger partial charge in [0, 0.05) is 34.4 Å². The van der Waals surface area contributed by atoms with E-state index >= 15 is 0 Å². The van der Waals surface area contributed by atoms with Gasteiger partial charge >= 0.3 is 0 Å². The van der Waals surface area contributed by atoms with Gasteiger partial charge in [-0.05, 0) is 64.2 Å². The van der Waals surface area contributed by atoms with Gasteiger partial charge in [0.05, 0.1) is 17.2 Å². The van der Waals surface area contributed by atoms with Crippen molar-refractivity contribution in [3.63, 3.8) is 0 Å². The van der Waals surface area contributed by atoms with Crippen LogP contribution in [-0.4, -0.2) is 9.58 Å². The average molecular weight is 591 g/mol. The standard InChI is InChI=1S/C39H34N4S/c40-42(27-29-13-5-2-6-14-29)39(41-26-28-11-3-1-4-12-28)30-19-22-32(23-20-30)43-36-17-9-7-16-34(36)35-25-31(21-24-37(35)43)33-15-8-10-18-38(33)44/h1-25,39,41,44H,26-27,40H2. The Morgan fingerprint density at radius 1 is 0.636 bits per heavy atom. The molecule has 0 aliphatic heterocycles. The van der Waals surface area contributed by atoms with E-state index in [0.717, 1.165) is 27.3 Å². The van der Waals surface area contributed by atoms with Gasteiger partial charge in [-0.1, -0.05) is 115 Å². The van der Waals surface area contributed by atoms with Crippen molar-refractivity contribution < 1.29 is 0 Å². The molecule has 1 unspecified atom stereocenters. The molecule has 0 fully saturated rings. The molecule has 44 heavy (non-hydrogen) atoms. The van der Waals surface area contributed by atoms with Crippen molar-refractivity contribution in [3.05, 3.63) is 168 Å². The van der Waals surface area contributed by atoms with Crippen LogP contribution in [0.3, 0.4) is 0 Å². The largest absolute Gasteiger partial charge is 0.309 e. The molecule has 216 valence electrons. The molecule has 0 aliphatic rings. The van der Waals surface area contributed by atoms with Crippen LogP contribution in [0.1, 0.15) is 22.9 Å². The predicted octanol–water partition coefficient (Wildman–Crippen LogP) is 8.90. The molecule has 0 bridgehead atoms. The molecule has 7 aromatic rings. The van der Waals surface area contributed by atoms with E-state index in [0.29, 0.717) is 13.1 Å². The minimum absolute atomic E-state index is 0.175. The Labute approximate surface area is 263 Å². The number of benzene rings is 6. The summed E-state index contributed by atoms with van der Waals surface area (Å²) in [6.07, 6.45) is -0.175. The molecule has 0 radical (unpaired) electrons. The maximum absolute atomic E-state index is 6.76. The summed E-state index contributed by atoms with van der Waals surface area (Å²) in [5.41, 5.74) is 9.24. The summed E-state index contributed by atoms with van der Waals surface area (Å²) in [4.78, 5) is 0.975. The van der Waals surface area contributed by atoms with E-state index in [1.165, 1.54) is 32.9 Å². The van der Waals surface area contributed by atoms with Gasteiger partial charge in [0.25, 0.3) is 0 Å². The molecule has 0 aliphatic carbocycles. The first-order chi connectivity index (χ1) is 21.7. The number of nitrogens with zero attached hydrogens (tertiary/aromatic N) is 2. The number of para-hydroxylation sites is 1. The van der Waals surface area contributed by atoms with Gasteiger partial charge in [0.1, 0.15) is 0 Å². The monoisotopic (exact) mass is 590 g/mol. The SMILES string of the molecule is NN(Cc1ccccc1)C(NCc1ccccc1)c1ccc(-n2c3ccccc3c3cc(-c4ccccc4S)ccc32)cc1. The molecule has 6 aromatic carbocycles. The van der Waals surface area contributed by atoms with Crippen LogP contribution in [-0.2, 0) is 13.1 Å². The highest BCUT2D eigenvalue weighted by molar-refractivity contribution is 7.80.